The van der Waals surface area contributed by atoms with Crippen molar-refractivity contribution in [1.29, 1.82) is 0 Å². The average molecular weight is 275 g/mol. The van der Waals surface area contributed by atoms with Gasteiger partial charge in [0.1, 0.15) is 6.20 Å². The summed E-state index contributed by atoms with van der Waals surface area (Å²) in [5.74, 6) is 0. The van der Waals surface area contributed by atoms with Gasteiger partial charge in [-0.15, -0.1) is 0 Å². The Balaban J connectivity index is 2.79. The molecule has 0 aromatic carbocycles. The van der Waals surface area contributed by atoms with E-state index in [1.807, 2.05) is 0 Å². The first-order valence-electron chi connectivity index (χ1n) is 4.35. The maximum Gasteiger partial charge on any atom is 0.290 e. The van der Waals surface area contributed by atoms with E-state index in [1.165, 1.54) is 6.20 Å². The first-order chi connectivity index (χ1) is 7.15. The Morgan fingerprint density at radius 1 is 1.73 bits per heavy atom. The van der Waals surface area contributed by atoms with Crippen molar-refractivity contribution in [2.75, 3.05) is 13.7 Å². The first kappa shape index (κ1) is 12.1. The molecule has 15 heavy (non-hydrogen) atoms. The van der Waals surface area contributed by atoms with Gasteiger partial charge >= 0.3 is 0 Å². The fraction of sp³-hybridized carbons (Fsp3) is 0.444. The number of hydrogen-bond donors (Lipinski definition) is 0. The van der Waals surface area contributed by atoms with E-state index < -0.39 is 4.92 Å². The number of aromatic nitrogens is 1. The Bertz CT molecular complexity index is 346. The standard InChI is InChI=1S/C9H11BrN2O3/c1-15-6-8(10)4-7-2-3-11-5-9(7)12(13)14/h2-3,5,8H,4,6H2,1H3. The summed E-state index contributed by atoms with van der Waals surface area (Å²) in [7, 11) is 1.59. The monoisotopic (exact) mass is 274 g/mol. The zero-order valence-electron chi connectivity index (χ0n) is 8.22. The van der Waals surface area contributed by atoms with Crippen LogP contribution in [0.5, 0.6) is 0 Å². The van der Waals surface area contributed by atoms with E-state index in [-0.39, 0.29) is 10.5 Å². The van der Waals surface area contributed by atoms with E-state index >= 15 is 0 Å². The lowest BCUT2D eigenvalue weighted by atomic mass is 10.1. The normalized spacial score (nSPS) is 12.4. The molecule has 0 saturated carbocycles. The van der Waals surface area contributed by atoms with Crippen LogP contribution in [0.3, 0.4) is 0 Å². The molecule has 0 amide bonds. The lowest BCUT2D eigenvalue weighted by molar-refractivity contribution is -0.385. The largest absolute Gasteiger partial charge is 0.384 e. The molecule has 1 atom stereocenters. The van der Waals surface area contributed by atoms with Crippen LogP contribution in [0.4, 0.5) is 5.69 Å². The molecule has 0 aliphatic carbocycles. The molecule has 1 aromatic heterocycles. The minimum Gasteiger partial charge on any atom is -0.384 e. The predicted octanol–water partition coefficient (Wildman–Crippen LogP) is 1.94. The molecule has 0 fully saturated rings. The Labute approximate surface area is 95.7 Å². The molecule has 82 valence electrons. The van der Waals surface area contributed by atoms with Gasteiger partial charge in [-0.25, -0.2) is 0 Å². The Kier molecular flexibility index (Phi) is 4.64. The maximum absolute atomic E-state index is 10.7. The van der Waals surface area contributed by atoms with Gasteiger partial charge in [-0.2, -0.15) is 0 Å². The Morgan fingerprint density at radius 2 is 2.47 bits per heavy atom. The highest BCUT2D eigenvalue weighted by Crippen LogP contribution is 2.20. The lowest BCUT2D eigenvalue weighted by Gasteiger charge is -2.08. The molecule has 0 bridgehead atoms. The number of alkyl halides is 1. The van der Waals surface area contributed by atoms with E-state index in [4.69, 9.17) is 4.74 Å². The minimum atomic E-state index is -0.422. The van der Waals surface area contributed by atoms with Crippen molar-refractivity contribution < 1.29 is 9.66 Å². The van der Waals surface area contributed by atoms with Crippen molar-refractivity contribution in [2.24, 2.45) is 0 Å². The lowest BCUT2D eigenvalue weighted by Crippen LogP contribution is -2.11. The van der Waals surface area contributed by atoms with Crippen molar-refractivity contribution in [3.8, 4) is 0 Å². The van der Waals surface area contributed by atoms with Gasteiger partial charge < -0.3 is 4.74 Å². The van der Waals surface area contributed by atoms with E-state index in [2.05, 4.69) is 20.9 Å². The van der Waals surface area contributed by atoms with Gasteiger partial charge in [-0.1, -0.05) is 15.9 Å². The van der Waals surface area contributed by atoms with E-state index in [1.54, 1.807) is 19.4 Å². The summed E-state index contributed by atoms with van der Waals surface area (Å²) in [5.41, 5.74) is 0.715. The number of rotatable bonds is 5. The Morgan fingerprint density at radius 3 is 3.07 bits per heavy atom. The van der Waals surface area contributed by atoms with Gasteiger partial charge in [-0.05, 0) is 12.5 Å². The smallest absolute Gasteiger partial charge is 0.290 e. The van der Waals surface area contributed by atoms with Crippen molar-refractivity contribution in [1.82, 2.24) is 4.98 Å². The van der Waals surface area contributed by atoms with Gasteiger partial charge in [0, 0.05) is 23.7 Å². The van der Waals surface area contributed by atoms with Gasteiger partial charge in [0.2, 0.25) is 0 Å². The number of methoxy groups -OCH3 is 1. The number of hydrogen-bond acceptors (Lipinski definition) is 4. The molecule has 1 aromatic rings. The second kappa shape index (κ2) is 5.77. The van der Waals surface area contributed by atoms with Crippen molar-refractivity contribution in [2.45, 2.75) is 11.2 Å². The van der Waals surface area contributed by atoms with Crippen LogP contribution < -0.4 is 0 Å². The molecule has 1 unspecified atom stereocenters. The zero-order chi connectivity index (χ0) is 11.3. The zero-order valence-corrected chi connectivity index (χ0v) is 9.81. The number of ether oxygens (including phenoxy) is 1. The molecule has 1 heterocycles. The molecule has 5 nitrogen and oxygen atoms in total. The van der Waals surface area contributed by atoms with E-state index in [0.717, 1.165) is 0 Å². The molecule has 0 aliphatic heterocycles. The van der Waals surface area contributed by atoms with Gasteiger partial charge in [0.05, 0.1) is 11.5 Å². The van der Waals surface area contributed by atoms with Crippen LogP contribution in [0.1, 0.15) is 5.56 Å². The topological polar surface area (TPSA) is 65.3 Å². The van der Waals surface area contributed by atoms with Gasteiger partial charge in [-0.3, -0.25) is 15.1 Å². The van der Waals surface area contributed by atoms with Crippen molar-refractivity contribution >= 4 is 21.6 Å². The summed E-state index contributed by atoms with van der Waals surface area (Å²) < 4.78 is 4.94. The molecule has 6 heteroatoms. The number of nitrogens with zero attached hydrogens (tertiary/aromatic N) is 2. The fourth-order valence-corrected chi connectivity index (χ4v) is 1.84. The maximum atomic E-state index is 10.7. The number of pyridine rings is 1. The molecular weight excluding hydrogens is 264 g/mol. The van der Waals surface area contributed by atoms with Crippen molar-refractivity contribution in [3.63, 3.8) is 0 Å². The molecule has 1 rings (SSSR count). The van der Waals surface area contributed by atoms with Crippen LogP contribution >= 0.6 is 15.9 Å². The molecule has 0 radical (unpaired) electrons. The summed E-state index contributed by atoms with van der Waals surface area (Å²) in [6.07, 6.45) is 3.36. The van der Waals surface area contributed by atoms with Gasteiger partial charge in [0.15, 0.2) is 0 Å². The number of nitro groups is 1. The fourth-order valence-electron chi connectivity index (χ4n) is 1.23. The molecule has 0 saturated heterocycles. The quantitative estimate of drug-likeness (QED) is 0.468. The molecular formula is C9H11BrN2O3. The predicted molar refractivity (Wildman–Crippen MR) is 59.2 cm³/mol. The summed E-state index contributed by atoms with van der Waals surface area (Å²) in [6, 6.07) is 1.65. The molecule has 0 N–H and O–H groups in total. The first-order valence-corrected chi connectivity index (χ1v) is 5.27. The Hall–Kier alpha value is -1.01. The van der Waals surface area contributed by atoms with Crippen molar-refractivity contribution in [3.05, 3.63) is 34.1 Å². The summed E-state index contributed by atoms with van der Waals surface area (Å²) in [4.78, 5) is 14.1. The van der Waals surface area contributed by atoms with Crippen LogP contribution in [0.15, 0.2) is 18.5 Å². The van der Waals surface area contributed by atoms with Crippen LogP contribution in [-0.4, -0.2) is 28.5 Å². The average Bonchev–Trinajstić information content (AvgIpc) is 2.18. The third-order valence-electron chi connectivity index (χ3n) is 1.87. The van der Waals surface area contributed by atoms with Gasteiger partial charge in [0.25, 0.3) is 5.69 Å². The summed E-state index contributed by atoms with van der Waals surface area (Å²) >= 11 is 3.39. The minimum absolute atomic E-state index is 0.0538. The van der Waals surface area contributed by atoms with Crippen LogP contribution in [0, 0.1) is 10.1 Å². The summed E-state index contributed by atoms with van der Waals surface area (Å²) in [6.45, 7) is 0.513. The highest BCUT2D eigenvalue weighted by Gasteiger charge is 2.16. The third kappa shape index (κ3) is 3.56. The molecule has 0 aliphatic rings. The second-order valence-electron chi connectivity index (χ2n) is 3.02. The second-order valence-corrected chi connectivity index (χ2v) is 4.31. The molecule has 0 spiro atoms. The SMILES string of the molecule is COCC(Br)Cc1ccncc1[N+](=O)[O-]. The highest BCUT2D eigenvalue weighted by molar-refractivity contribution is 9.09. The van der Waals surface area contributed by atoms with Crippen LogP contribution in [0.2, 0.25) is 0 Å². The van der Waals surface area contributed by atoms with E-state index in [9.17, 15) is 10.1 Å². The van der Waals surface area contributed by atoms with Crippen LogP contribution in [0.25, 0.3) is 0 Å². The van der Waals surface area contributed by atoms with Crippen LogP contribution in [-0.2, 0) is 11.2 Å². The highest BCUT2D eigenvalue weighted by atomic mass is 79.9. The van der Waals surface area contributed by atoms with E-state index in [0.29, 0.717) is 18.6 Å². The number of halogens is 1. The third-order valence-corrected chi connectivity index (χ3v) is 2.46. The summed E-state index contributed by atoms with van der Waals surface area (Å²) in [5, 5.41) is 10.7.